The first kappa shape index (κ1) is 28.3. The smallest absolute Gasteiger partial charge is 0.143 e. The minimum Gasteiger partial charge on any atom is -0.455 e. The number of aromatic nitrogens is 3. The SMILES string of the molecule is C1=Cc2ccc(-c3ccc4c(c3)c3ccncc3n4-c3ccccn3)cc2-c2ccc3ccccc3c2Oc2ccccc2-c2ccccc21. The van der Waals surface area contributed by atoms with Gasteiger partial charge in [-0.3, -0.25) is 9.55 Å². The molecule has 0 atom stereocenters. The van der Waals surface area contributed by atoms with Crippen LogP contribution in [-0.4, -0.2) is 14.5 Å². The molecule has 4 heteroatoms. The molecule has 0 fully saturated rings. The van der Waals surface area contributed by atoms with E-state index in [9.17, 15) is 0 Å². The molecular formula is C46H29N3O. The summed E-state index contributed by atoms with van der Waals surface area (Å²) in [6.45, 7) is 0. The highest BCUT2D eigenvalue weighted by molar-refractivity contribution is 6.10. The lowest BCUT2D eigenvalue weighted by Crippen LogP contribution is -1.96. The Bertz CT molecular complexity index is 2790. The molecule has 6 aromatic carbocycles. The third-order valence-corrected chi connectivity index (χ3v) is 9.80. The standard InChI is InChI=1S/C46H29N3O/c1-3-11-35-30(9-1)16-17-32-18-19-33(34-21-23-42-41(28-34)37-24-26-47-29-43(37)49(42)45-15-7-8-25-48-45)27-40(32)39-22-20-31-10-2-4-12-36(31)46(39)50-44-14-6-5-13-38(35)44/h1-29H. The maximum absolute atomic E-state index is 7.05. The molecule has 1 aliphatic rings. The molecule has 0 radical (unpaired) electrons. The van der Waals surface area contributed by atoms with Gasteiger partial charge in [0, 0.05) is 39.7 Å². The summed E-state index contributed by atoms with van der Waals surface area (Å²) >= 11 is 0. The molecule has 0 saturated heterocycles. The zero-order valence-electron chi connectivity index (χ0n) is 27.0. The van der Waals surface area contributed by atoms with Crippen molar-refractivity contribution < 1.29 is 4.74 Å². The number of fused-ring (bicyclic) bond motifs is 11. The largest absolute Gasteiger partial charge is 0.455 e. The van der Waals surface area contributed by atoms with Gasteiger partial charge in [-0.05, 0) is 87.3 Å². The van der Waals surface area contributed by atoms with Crippen LogP contribution in [0.3, 0.4) is 0 Å². The number of hydrogen-bond acceptors (Lipinski definition) is 3. The predicted molar refractivity (Wildman–Crippen MR) is 206 cm³/mol. The quantitative estimate of drug-likeness (QED) is 0.189. The number of rotatable bonds is 2. The first-order valence-electron chi connectivity index (χ1n) is 16.8. The van der Waals surface area contributed by atoms with Gasteiger partial charge in [0.05, 0.1) is 17.2 Å². The lowest BCUT2D eigenvalue weighted by Gasteiger charge is -2.18. The number of nitrogens with zero attached hydrogens (tertiary/aromatic N) is 3. The predicted octanol–water partition coefficient (Wildman–Crippen LogP) is 12.0. The topological polar surface area (TPSA) is 39.9 Å². The third kappa shape index (κ3) is 4.54. The van der Waals surface area contributed by atoms with E-state index in [1.807, 2.05) is 42.9 Å². The summed E-state index contributed by atoms with van der Waals surface area (Å²) in [6, 6.07) is 51.3. The van der Waals surface area contributed by atoms with Crippen molar-refractivity contribution in [2.45, 2.75) is 0 Å². The molecule has 0 spiro atoms. The number of benzene rings is 6. The lowest BCUT2D eigenvalue weighted by molar-refractivity contribution is 0.492. The molecule has 50 heavy (non-hydrogen) atoms. The van der Waals surface area contributed by atoms with Gasteiger partial charge in [-0.2, -0.15) is 0 Å². The molecule has 234 valence electrons. The molecule has 0 amide bonds. The molecule has 0 N–H and O–H groups in total. The fourth-order valence-corrected chi connectivity index (χ4v) is 7.42. The van der Waals surface area contributed by atoms with Crippen molar-refractivity contribution in [1.82, 2.24) is 14.5 Å². The van der Waals surface area contributed by atoms with Crippen LogP contribution in [0.4, 0.5) is 0 Å². The zero-order chi connectivity index (χ0) is 33.0. The molecule has 0 aliphatic carbocycles. The molecule has 4 heterocycles. The van der Waals surface area contributed by atoms with Gasteiger partial charge in [-0.15, -0.1) is 0 Å². The van der Waals surface area contributed by atoms with E-state index in [1.165, 1.54) is 0 Å². The fraction of sp³-hybridized carbons (Fsp3) is 0. The summed E-state index contributed by atoms with van der Waals surface area (Å²) in [4.78, 5) is 9.14. The lowest BCUT2D eigenvalue weighted by atomic mass is 9.91. The highest BCUT2D eigenvalue weighted by atomic mass is 16.5. The van der Waals surface area contributed by atoms with Crippen LogP contribution in [0.2, 0.25) is 0 Å². The molecule has 10 rings (SSSR count). The Hall–Kier alpha value is -6.78. The van der Waals surface area contributed by atoms with Gasteiger partial charge in [-0.25, -0.2) is 4.98 Å². The van der Waals surface area contributed by atoms with Crippen molar-refractivity contribution in [2.24, 2.45) is 0 Å². The second-order valence-electron chi connectivity index (χ2n) is 12.6. The van der Waals surface area contributed by atoms with E-state index < -0.39 is 0 Å². The Morgan fingerprint density at radius 3 is 2.18 bits per heavy atom. The van der Waals surface area contributed by atoms with Gasteiger partial charge in [0.25, 0.3) is 0 Å². The normalized spacial score (nSPS) is 12.1. The van der Waals surface area contributed by atoms with E-state index in [4.69, 9.17) is 4.74 Å². The van der Waals surface area contributed by atoms with Crippen LogP contribution in [-0.2, 0) is 0 Å². The van der Waals surface area contributed by atoms with E-state index in [1.54, 1.807) is 0 Å². The van der Waals surface area contributed by atoms with Gasteiger partial charge >= 0.3 is 0 Å². The van der Waals surface area contributed by atoms with Gasteiger partial charge in [0.1, 0.15) is 17.3 Å². The van der Waals surface area contributed by atoms with Crippen molar-refractivity contribution in [3.63, 3.8) is 0 Å². The Morgan fingerprint density at radius 1 is 0.480 bits per heavy atom. The van der Waals surface area contributed by atoms with Gasteiger partial charge in [0.15, 0.2) is 0 Å². The molecule has 4 nitrogen and oxygen atoms in total. The van der Waals surface area contributed by atoms with E-state index >= 15 is 0 Å². The Balaban J connectivity index is 1.22. The van der Waals surface area contributed by atoms with Crippen molar-refractivity contribution in [3.8, 4) is 50.7 Å². The summed E-state index contributed by atoms with van der Waals surface area (Å²) in [5, 5.41) is 4.51. The van der Waals surface area contributed by atoms with Crippen LogP contribution in [0.15, 0.2) is 164 Å². The van der Waals surface area contributed by atoms with Crippen LogP contribution in [0.1, 0.15) is 11.1 Å². The van der Waals surface area contributed by atoms with Crippen LogP contribution < -0.4 is 4.74 Å². The number of ether oxygens (including phenoxy) is 1. The van der Waals surface area contributed by atoms with E-state index in [0.717, 1.165) is 94.4 Å². The summed E-state index contributed by atoms with van der Waals surface area (Å²) in [5.41, 5.74) is 11.0. The Labute approximate surface area is 289 Å². The highest BCUT2D eigenvalue weighted by Gasteiger charge is 2.20. The van der Waals surface area contributed by atoms with Gasteiger partial charge in [-0.1, -0.05) is 109 Å². The second kappa shape index (κ2) is 11.4. The van der Waals surface area contributed by atoms with Crippen LogP contribution >= 0.6 is 0 Å². The summed E-state index contributed by atoms with van der Waals surface area (Å²) < 4.78 is 9.25. The maximum atomic E-state index is 7.05. The number of hydrogen-bond donors (Lipinski definition) is 0. The van der Waals surface area contributed by atoms with Crippen LogP contribution in [0.25, 0.3) is 83.9 Å². The summed E-state index contributed by atoms with van der Waals surface area (Å²) in [7, 11) is 0. The molecular weight excluding hydrogens is 611 g/mol. The summed E-state index contributed by atoms with van der Waals surface area (Å²) in [6.07, 6.45) is 10.1. The van der Waals surface area contributed by atoms with Gasteiger partial charge < -0.3 is 4.74 Å². The fourth-order valence-electron chi connectivity index (χ4n) is 7.42. The van der Waals surface area contributed by atoms with Gasteiger partial charge in [0.2, 0.25) is 0 Å². The molecule has 0 unspecified atom stereocenters. The molecule has 3 aromatic heterocycles. The summed E-state index contributed by atoms with van der Waals surface area (Å²) in [5.74, 6) is 2.55. The third-order valence-electron chi connectivity index (χ3n) is 9.80. The molecule has 1 aliphatic heterocycles. The molecule has 9 aromatic rings. The van der Waals surface area contributed by atoms with Crippen molar-refractivity contribution in [2.75, 3.05) is 0 Å². The highest BCUT2D eigenvalue weighted by Crippen LogP contribution is 2.46. The number of para-hydroxylation sites is 1. The van der Waals surface area contributed by atoms with Crippen LogP contribution in [0.5, 0.6) is 11.5 Å². The maximum Gasteiger partial charge on any atom is 0.143 e. The molecule has 0 bridgehead atoms. The zero-order valence-corrected chi connectivity index (χ0v) is 27.0. The van der Waals surface area contributed by atoms with E-state index in [0.29, 0.717) is 0 Å². The number of pyridine rings is 2. The Morgan fingerprint density at radius 2 is 1.26 bits per heavy atom. The average molecular weight is 640 g/mol. The second-order valence-corrected chi connectivity index (χ2v) is 12.6. The van der Waals surface area contributed by atoms with Crippen molar-refractivity contribution >= 4 is 44.7 Å². The first-order chi connectivity index (χ1) is 24.8. The molecule has 0 saturated carbocycles. The average Bonchev–Trinajstić information content (AvgIpc) is 3.50. The van der Waals surface area contributed by atoms with E-state index in [2.05, 4.69) is 148 Å². The minimum atomic E-state index is 0.829. The van der Waals surface area contributed by atoms with Crippen molar-refractivity contribution in [1.29, 1.82) is 0 Å². The first-order valence-corrected chi connectivity index (χ1v) is 16.8. The van der Waals surface area contributed by atoms with Crippen molar-refractivity contribution in [3.05, 3.63) is 175 Å². The minimum absolute atomic E-state index is 0.829. The monoisotopic (exact) mass is 639 g/mol. The Kier molecular flexibility index (Phi) is 6.46. The van der Waals surface area contributed by atoms with Crippen LogP contribution in [0, 0.1) is 0 Å². The van der Waals surface area contributed by atoms with E-state index in [-0.39, 0.29) is 0 Å².